The first-order chi connectivity index (χ1) is 10.9. The average Bonchev–Trinajstić information content (AvgIpc) is 2.87. The molecule has 2 heterocycles. The fourth-order valence-electron chi connectivity index (χ4n) is 3.44. The second-order valence-corrected chi connectivity index (χ2v) is 7.14. The van der Waals surface area contributed by atoms with E-state index in [1.54, 1.807) is 0 Å². The molecule has 0 radical (unpaired) electrons. The van der Waals surface area contributed by atoms with Crippen molar-refractivity contribution in [3.63, 3.8) is 0 Å². The number of anilines is 1. The molecule has 1 aromatic rings. The standard InChI is InChI=1S/C19H26N2O2/c1-12(2)21-9-13(3)16(10-21)8-18(22)15-5-6-19-17(7-15)20-14(4)11-23-19/h5-7,12-13,16,20H,4,8-11H2,1-3H3/t13-,16-/m0/s1. The van der Waals surface area contributed by atoms with E-state index in [4.69, 9.17) is 4.74 Å². The van der Waals surface area contributed by atoms with E-state index in [2.05, 4.69) is 37.6 Å². The highest BCUT2D eigenvalue weighted by Gasteiger charge is 2.32. The van der Waals surface area contributed by atoms with E-state index in [9.17, 15) is 4.79 Å². The van der Waals surface area contributed by atoms with E-state index in [0.29, 0.717) is 30.9 Å². The number of ether oxygens (including phenoxy) is 1. The number of hydrogen-bond donors (Lipinski definition) is 1. The Morgan fingerprint density at radius 3 is 2.91 bits per heavy atom. The van der Waals surface area contributed by atoms with E-state index in [1.165, 1.54) is 0 Å². The van der Waals surface area contributed by atoms with E-state index in [1.807, 2.05) is 18.2 Å². The Kier molecular flexibility index (Phi) is 4.44. The molecule has 1 N–H and O–H groups in total. The van der Waals surface area contributed by atoms with E-state index >= 15 is 0 Å². The molecule has 0 spiro atoms. The maximum Gasteiger partial charge on any atom is 0.163 e. The van der Waals surface area contributed by atoms with Crippen molar-refractivity contribution in [1.29, 1.82) is 0 Å². The Labute approximate surface area is 138 Å². The van der Waals surface area contributed by atoms with Gasteiger partial charge in [-0.1, -0.05) is 13.5 Å². The first-order valence-corrected chi connectivity index (χ1v) is 8.43. The smallest absolute Gasteiger partial charge is 0.163 e. The number of nitrogens with zero attached hydrogens (tertiary/aromatic N) is 1. The maximum atomic E-state index is 12.7. The van der Waals surface area contributed by atoms with Crippen LogP contribution in [0.15, 0.2) is 30.5 Å². The fourth-order valence-corrected chi connectivity index (χ4v) is 3.44. The quantitative estimate of drug-likeness (QED) is 0.863. The molecule has 4 nitrogen and oxygen atoms in total. The van der Waals surface area contributed by atoms with Gasteiger partial charge in [-0.3, -0.25) is 4.79 Å². The zero-order chi connectivity index (χ0) is 16.6. The second-order valence-electron chi connectivity index (χ2n) is 7.14. The van der Waals surface area contributed by atoms with Crippen LogP contribution in [0.1, 0.15) is 37.6 Å². The molecule has 0 bridgehead atoms. The number of benzene rings is 1. The van der Waals surface area contributed by atoms with Gasteiger partial charge in [-0.25, -0.2) is 0 Å². The lowest BCUT2D eigenvalue weighted by molar-refractivity contribution is 0.0954. The second kappa shape index (κ2) is 6.36. The van der Waals surface area contributed by atoms with Gasteiger partial charge in [0, 0.05) is 36.8 Å². The van der Waals surface area contributed by atoms with Gasteiger partial charge in [-0.05, 0) is 43.9 Å². The minimum atomic E-state index is 0.216. The number of ketones is 1. The Bertz CT molecular complexity index is 624. The Hall–Kier alpha value is -1.81. The summed E-state index contributed by atoms with van der Waals surface area (Å²) in [6.07, 6.45) is 0.616. The predicted octanol–water partition coefficient (Wildman–Crippen LogP) is 3.55. The van der Waals surface area contributed by atoms with Crippen LogP contribution in [0.2, 0.25) is 0 Å². The van der Waals surface area contributed by atoms with Crippen LogP contribution >= 0.6 is 0 Å². The third kappa shape index (κ3) is 3.42. The predicted molar refractivity (Wildman–Crippen MR) is 93.0 cm³/mol. The summed E-state index contributed by atoms with van der Waals surface area (Å²) in [6.45, 7) is 13.2. The Morgan fingerprint density at radius 2 is 2.22 bits per heavy atom. The van der Waals surface area contributed by atoms with Gasteiger partial charge in [0.1, 0.15) is 12.4 Å². The van der Waals surface area contributed by atoms with Crippen LogP contribution in [0.4, 0.5) is 5.69 Å². The molecule has 1 saturated heterocycles. The highest BCUT2D eigenvalue weighted by molar-refractivity contribution is 5.97. The highest BCUT2D eigenvalue weighted by Crippen LogP contribution is 2.32. The molecule has 124 valence electrons. The molecule has 2 atom stereocenters. The zero-order valence-electron chi connectivity index (χ0n) is 14.3. The summed E-state index contributed by atoms with van der Waals surface area (Å²) in [5.41, 5.74) is 2.42. The maximum absolute atomic E-state index is 12.7. The lowest BCUT2D eigenvalue weighted by Crippen LogP contribution is -2.28. The summed E-state index contributed by atoms with van der Waals surface area (Å²) >= 11 is 0. The number of carbonyl (C=O) groups excluding carboxylic acids is 1. The number of likely N-dealkylation sites (tertiary alicyclic amines) is 1. The molecule has 4 heteroatoms. The SMILES string of the molecule is C=C1COc2ccc(C(=O)C[C@H]3CN(C(C)C)C[C@@H]3C)cc2N1. The van der Waals surface area contributed by atoms with Gasteiger partial charge in [0.05, 0.1) is 5.69 Å². The monoisotopic (exact) mass is 314 g/mol. The molecule has 0 saturated carbocycles. The third-order valence-electron chi connectivity index (χ3n) is 4.99. The van der Waals surface area contributed by atoms with Crippen LogP contribution in [0, 0.1) is 11.8 Å². The first kappa shape index (κ1) is 16.1. The van der Waals surface area contributed by atoms with E-state index in [0.717, 1.165) is 35.8 Å². The van der Waals surface area contributed by atoms with Crippen LogP contribution in [0.3, 0.4) is 0 Å². The molecule has 0 unspecified atom stereocenters. The molecule has 0 amide bonds. The molecule has 2 aliphatic rings. The van der Waals surface area contributed by atoms with Crippen molar-refractivity contribution in [2.45, 2.75) is 33.2 Å². The Balaban J connectivity index is 1.69. The molecule has 0 aliphatic carbocycles. The molecule has 23 heavy (non-hydrogen) atoms. The molecular formula is C19H26N2O2. The number of nitrogens with one attached hydrogen (secondary N) is 1. The van der Waals surface area contributed by atoms with Crippen LogP contribution in [0.25, 0.3) is 0 Å². The third-order valence-corrected chi connectivity index (χ3v) is 4.99. The van der Waals surface area contributed by atoms with E-state index < -0.39 is 0 Å². The van der Waals surface area contributed by atoms with Crippen molar-refractivity contribution in [2.75, 3.05) is 25.0 Å². The molecule has 3 rings (SSSR count). The van der Waals surface area contributed by atoms with Crippen molar-refractivity contribution in [3.8, 4) is 5.75 Å². The summed E-state index contributed by atoms with van der Waals surface area (Å²) in [6, 6.07) is 6.19. The van der Waals surface area contributed by atoms with Gasteiger partial charge in [0.2, 0.25) is 0 Å². The molecule has 2 aliphatic heterocycles. The largest absolute Gasteiger partial charge is 0.485 e. The number of carbonyl (C=O) groups is 1. The number of fused-ring (bicyclic) bond motifs is 1. The first-order valence-electron chi connectivity index (χ1n) is 8.43. The molecule has 1 aromatic carbocycles. The summed E-state index contributed by atoms with van der Waals surface area (Å²) in [5, 5.41) is 3.20. The van der Waals surface area contributed by atoms with E-state index in [-0.39, 0.29) is 5.78 Å². The van der Waals surface area contributed by atoms with Crippen molar-refractivity contribution >= 4 is 11.5 Å². The normalized spacial score (nSPS) is 24.3. The van der Waals surface area contributed by atoms with Crippen molar-refractivity contribution in [2.24, 2.45) is 11.8 Å². The molecular weight excluding hydrogens is 288 g/mol. The summed E-state index contributed by atoms with van der Waals surface area (Å²) in [5.74, 6) is 2.02. The summed E-state index contributed by atoms with van der Waals surface area (Å²) < 4.78 is 5.58. The minimum absolute atomic E-state index is 0.216. The highest BCUT2D eigenvalue weighted by atomic mass is 16.5. The lowest BCUT2D eigenvalue weighted by atomic mass is 9.90. The molecule has 1 fully saturated rings. The lowest BCUT2D eigenvalue weighted by Gasteiger charge is -2.22. The van der Waals surface area contributed by atoms with Crippen LogP contribution in [-0.2, 0) is 0 Å². The fraction of sp³-hybridized carbons (Fsp3) is 0.526. The van der Waals surface area contributed by atoms with Crippen molar-refractivity contribution < 1.29 is 9.53 Å². The average molecular weight is 314 g/mol. The van der Waals surface area contributed by atoms with Crippen LogP contribution in [-0.4, -0.2) is 36.4 Å². The number of hydrogen-bond acceptors (Lipinski definition) is 4. The summed E-state index contributed by atoms with van der Waals surface area (Å²) in [7, 11) is 0. The van der Waals surface area contributed by atoms with Gasteiger partial charge in [0.25, 0.3) is 0 Å². The number of rotatable bonds is 4. The summed E-state index contributed by atoms with van der Waals surface area (Å²) in [4.78, 5) is 15.1. The minimum Gasteiger partial charge on any atom is -0.485 e. The van der Waals surface area contributed by atoms with Gasteiger partial charge in [0.15, 0.2) is 5.78 Å². The van der Waals surface area contributed by atoms with Gasteiger partial charge < -0.3 is 15.0 Å². The van der Waals surface area contributed by atoms with Crippen LogP contribution < -0.4 is 10.1 Å². The Morgan fingerprint density at radius 1 is 1.43 bits per heavy atom. The zero-order valence-corrected chi connectivity index (χ0v) is 14.3. The van der Waals surface area contributed by atoms with Crippen LogP contribution in [0.5, 0.6) is 5.75 Å². The van der Waals surface area contributed by atoms with Crippen molar-refractivity contribution in [3.05, 3.63) is 36.0 Å². The van der Waals surface area contributed by atoms with Gasteiger partial charge in [-0.2, -0.15) is 0 Å². The topological polar surface area (TPSA) is 41.6 Å². The number of Topliss-reactive ketones (excluding diaryl/α,β-unsaturated/α-hetero) is 1. The molecule has 0 aromatic heterocycles. The van der Waals surface area contributed by atoms with Gasteiger partial charge >= 0.3 is 0 Å². The van der Waals surface area contributed by atoms with Gasteiger partial charge in [-0.15, -0.1) is 0 Å². The van der Waals surface area contributed by atoms with Crippen molar-refractivity contribution in [1.82, 2.24) is 4.90 Å².